The van der Waals surface area contributed by atoms with E-state index in [9.17, 15) is 4.79 Å². The van der Waals surface area contributed by atoms with Crippen LogP contribution < -0.4 is 0 Å². The maximum absolute atomic E-state index is 11.9. The minimum absolute atomic E-state index is 0.240. The van der Waals surface area contributed by atoms with Crippen LogP contribution in [-0.2, 0) is 4.74 Å². The average Bonchev–Trinajstić information content (AvgIpc) is 2.82. The van der Waals surface area contributed by atoms with Gasteiger partial charge in [-0.2, -0.15) is 5.10 Å². The number of likely N-dealkylation sites (tertiary alicyclic amines) is 1. The van der Waals surface area contributed by atoms with Crippen LogP contribution in [0.3, 0.4) is 0 Å². The summed E-state index contributed by atoms with van der Waals surface area (Å²) in [5, 5.41) is 4.32. The molecule has 1 amide bonds. The largest absolute Gasteiger partial charge is 0.444 e. The van der Waals surface area contributed by atoms with Crippen LogP contribution in [0.5, 0.6) is 0 Å². The lowest BCUT2D eigenvalue weighted by atomic mass is 10.2. The van der Waals surface area contributed by atoms with Crippen molar-refractivity contribution in [1.82, 2.24) is 14.7 Å². The van der Waals surface area contributed by atoms with Gasteiger partial charge < -0.3 is 9.64 Å². The van der Waals surface area contributed by atoms with E-state index in [2.05, 4.69) is 21.0 Å². The number of halogens is 1. The Hall–Kier alpha value is -1.04. The molecule has 0 spiro atoms. The van der Waals surface area contributed by atoms with Gasteiger partial charge in [0.2, 0.25) is 0 Å². The van der Waals surface area contributed by atoms with Crippen LogP contribution in [0, 0.1) is 0 Å². The third-order valence-corrected chi connectivity index (χ3v) is 3.19. The smallest absolute Gasteiger partial charge is 0.410 e. The summed E-state index contributed by atoms with van der Waals surface area (Å²) in [4.78, 5) is 13.6. The number of rotatable bonds is 1. The fourth-order valence-electron chi connectivity index (χ4n) is 1.97. The number of hydrogen-bond acceptors (Lipinski definition) is 3. The van der Waals surface area contributed by atoms with Gasteiger partial charge in [0.25, 0.3) is 0 Å². The molecular weight excluding hydrogens is 298 g/mol. The first-order chi connectivity index (χ1) is 8.35. The molecule has 1 aromatic rings. The summed E-state index contributed by atoms with van der Waals surface area (Å²) in [7, 11) is 0. The molecule has 1 atom stereocenters. The second-order valence-corrected chi connectivity index (χ2v) is 6.30. The molecule has 1 fully saturated rings. The van der Waals surface area contributed by atoms with Crippen molar-refractivity contribution in [1.29, 1.82) is 0 Å². The van der Waals surface area contributed by atoms with Crippen molar-refractivity contribution in [2.45, 2.75) is 38.8 Å². The number of aromatic nitrogens is 2. The molecule has 0 bridgehead atoms. The fraction of sp³-hybridized carbons (Fsp3) is 0.667. The van der Waals surface area contributed by atoms with Gasteiger partial charge in [-0.05, 0) is 49.2 Å². The van der Waals surface area contributed by atoms with Gasteiger partial charge >= 0.3 is 6.09 Å². The molecule has 100 valence electrons. The Morgan fingerprint density at radius 3 is 2.83 bits per heavy atom. The van der Waals surface area contributed by atoms with Crippen LogP contribution in [0.1, 0.15) is 33.2 Å². The van der Waals surface area contributed by atoms with Crippen molar-refractivity contribution >= 4 is 22.0 Å². The maximum atomic E-state index is 11.9. The zero-order valence-corrected chi connectivity index (χ0v) is 12.5. The molecule has 5 nitrogen and oxygen atoms in total. The van der Waals surface area contributed by atoms with Crippen molar-refractivity contribution < 1.29 is 9.53 Å². The molecule has 0 radical (unpaired) electrons. The van der Waals surface area contributed by atoms with Crippen LogP contribution in [0.4, 0.5) is 4.79 Å². The van der Waals surface area contributed by atoms with E-state index in [1.165, 1.54) is 0 Å². The van der Waals surface area contributed by atoms with Gasteiger partial charge in [-0.15, -0.1) is 0 Å². The van der Waals surface area contributed by atoms with Crippen LogP contribution >= 0.6 is 15.9 Å². The quantitative estimate of drug-likeness (QED) is 0.800. The van der Waals surface area contributed by atoms with Gasteiger partial charge in [0.15, 0.2) is 0 Å². The maximum Gasteiger partial charge on any atom is 0.410 e. The zero-order chi connectivity index (χ0) is 13.3. The topological polar surface area (TPSA) is 47.4 Å². The first-order valence-corrected chi connectivity index (χ1v) is 6.83. The van der Waals surface area contributed by atoms with Crippen LogP contribution in [-0.4, -0.2) is 39.5 Å². The third kappa shape index (κ3) is 3.25. The first-order valence-electron chi connectivity index (χ1n) is 6.04. The lowest BCUT2D eigenvalue weighted by Gasteiger charge is -2.24. The van der Waals surface area contributed by atoms with E-state index in [0.717, 1.165) is 17.6 Å². The van der Waals surface area contributed by atoms with Gasteiger partial charge in [0.05, 0.1) is 6.04 Å². The second kappa shape index (κ2) is 4.91. The highest BCUT2D eigenvalue weighted by atomic mass is 79.9. The second-order valence-electron chi connectivity index (χ2n) is 5.49. The zero-order valence-electron chi connectivity index (χ0n) is 10.9. The highest BCUT2D eigenvalue weighted by Crippen LogP contribution is 2.23. The standard InChI is InChI=1S/C12H18BrN3O2/c1-12(2,3)18-11(17)15-6-4-9(8-15)16-7-5-10(13)14-16/h5,7,9H,4,6,8H2,1-3H3. The van der Waals surface area contributed by atoms with E-state index >= 15 is 0 Å². The summed E-state index contributed by atoms with van der Waals surface area (Å²) in [6.07, 6.45) is 2.59. The molecule has 1 aliphatic heterocycles. The Morgan fingerprint density at radius 2 is 2.28 bits per heavy atom. The van der Waals surface area contributed by atoms with E-state index < -0.39 is 5.60 Å². The molecule has 0 N–H and O–H groups in total. The van der Waals surface area contributed by atoms with E-state index in [0.29, 0.717) is 6.54 Å². The molecule has 1 aromatic heterocycles. The molecular formula is C12H18BrN3O2. The predicted octanol–water partition coefficient (Wildman–Crippen LogP) is 2.83. The molecule has 18 heavy (non-hydrogen) atoms. The summed E-state index contributed by atoms with van der Waals surface area (Å²) in [6, 6.07) is 2.14. The normalized spacial score (nSPS) is 20.2. The van der Waals surface area contributed by atoms with Crippen molar-refractivity contribution in [3.8, 4) is 0 Å². The Balaban J connectivity index is 1.94. The average molecular weight is 316 g/mol. The molecule has 0 aromatic carbocycles. The van der Waals surface area contributed by atoms with Gasteiger partial charge in [-0.25, -0.2) is 4.79 Å². The number of amides is 1. The van der Waals surface area contributed by atoms with Crippen molar-refractivity contribution in [3.05, 3.63) is 16.9 Å². The first kappa shape index (κ1) is 13.4. The number of nitrogens with zero attached hydrogens (tertiary/aromatic N) is 3. The minimum Gasteiger partial charge on any atom is -0.444 e. The van der Waals surface area contributed by atoms with Crippen molar-refractivity contribution in [2.75, 3.05) is 13.1 Å². The number of carbonyl (C=O) groups excluding carboxylic acids is 1. The third-order valence-electron chi connectivity index (χ3n) is 2.76. The molecule has 1 unspecified atom stereocenters. The van der Waals surface area contributed by atoms with Gasteiger partial charge in [-0.3, -0.25) is 4.68 Å². The lowest BCUT2D eigenvalue weighted by molar-refractivity contribution is 0.0288. The summed E-state index contributed by atoms with van der Waals surface area (Å²) in [5.41, 5.74) is -0.441. The molecule has 2 rings (SSSR count). The summed E-state index contributed by atoms with van der Waals surface area (Å²) >= 11 is 3.33. The van der Waals surface area contributed by atoms with Crippen LogP contribution in [0.2, 0.25) is 0 Å². The molecule has 0 aliphatic carbocycles. The van der Waals surface area contributed by atoms with E-state index in [-0.39, 0.29) is 12.1 Å². The molecule has 1 saturated heterocycles. The number of hydrogen-bond donors (Lipinski definition) is 0. The molecule has 0 saturated carbocycles. The van der Waals surface area contributed by atoms with Crippen LogP contribution in [0.25, 0.3) is 0 Å². The highest BCUT2D eigenvalue weighted by Gasteiger charge is 2.30. The number of ether oxygens (including phenoxy) is 1. The minimum atomic E-state index is -0.441. The van der Waals surface area contributed by atoms with Gasteiger partial charge in [0, 0.05) is 19.3 Å². The number of carbonyl (C=O) groups is 1. The van der Waals surface area contributed by atoms with E-state index in [4.69, 9.17) is 4.74 Å². The Bertz CT molecular complexity index is 439. The summed E-state index contributed by atoms with van der Waals surface area (Å²) in [5.74, 6) is 0. The van der Waals surface area contributed by atoms with Crippen molar-refractivity contribution in [2.24, 2.45) is 0 Å². The van der Waals surface area contributed by atoms with E-state index in [1.54, 1.807) is 4.90 Å². The van der Waals surface area contributed by atoms with Crippen molar-refractivity contribution in [3.63, 3.8) is 0 Å². The van der Waals surface area contributed by atoms with E-state index in [1.807, 2.05) is 37.7 Å². The Morgan fingerprint density at radius 1 is 1.56 bits per heavy atom. The summed E-state index contributed by atoms with van der Waals surface area (Å²) < 4.78 is 8.07. The molecule has 6 heteroatoms. The van der Waals surface area contributed by atoms with Gasteiger partial charge in [-0.1, -0.05) is 0 Å². The van der Waals surface area contributed by atoms with Crippen LogP contribution in [0.15, 0.2) is 16.9 Å². The van der Waals surface area contributed by atoms with Gasteiger partial charge in [0.1, 0.15) is 10.2 Å². The SMILES string of the molecule is CC(C)(C)OC(=O)N1CCC(n2ccc(Br)n2)C1. The molecule has 2 heterocycles. The monoisotopic (exact) mass is 315 g/mol. The predicted molar refractivity (Wildman–Crippen MR) is 71.4 cm³/mol. The summed E-state index contributed by atoms with van der Waals surface area (Å²) in [6.45, 7) is 7.01. The Kier molecular flexibility index (Phi) is 3.66. The Labute approximate surface area is 115 Å². The lowest BCUT2D eigenvalue weighted by Crippen LogP contribution is -2.35. The molecule has 1 aliphatic rings. The highest BCUT2D eigenvalue weighted by molar-refractivity contribution is 9.10. The fourth-order valence-corrected chi connectivity index (χ4v) is 2.27.